The number of benzene rings is 1. The lowest BCUT2D eigenvalue weighted by atomic mass is 10.0. The van der Waals surface area contributed by atoms with Gasteiger partial charge < -0.3 is 15.8 Å². The van der Waals surface area contributed by atoms with Crippen LogP contribution in [0.2, 0.25) is 0 Å². The minimum absolute atomic E-state index is 0.0225. The van der Waals surface area contributed by atoms with Crippen LogP contribution in [0.25, 0.3) is 0 Å². The van der Waals surface area contributed by atoms with Gasteiger partial charge in [-0.05, 0) is 17.7 Å². The number of hydrogen-bond donors (Lipinski definition) is 2. The number of nitrogens with two attached hydrogens (primary N) is 1. The van der Waals surface area contributed by atoms with Crippen LogP contribution >= 0.6 is 15.9 Å². The highest BCUT2D eigenvalue weighted by molar-refractivity contribution is 9.10. The molecule has 1 aliphatic heterocycles. The molecule has 2 atom stereocenters. The van der Waals surface area contributed by atoms with Gasteiger partial charge in [0.2, 0.25) is 5.91 Å². The van der Waals surface area contributed by atoms with E-state index in [4.69, 9.17) is 10.5 Å². The van der Waals surface area contributed by atoms with Gasteiger partial charge in [0.15, 0.2) is 0 Å². The summed E-state index contributed by atoms with van der Waals surface area (Å²) in [5.74, 6) is -0.0275. The summed E-state index contributed by atoms with van der Waals surface area (Å²) in [5, 5.41) is 2.70. The molecule has 0 spiro atoms. The molecule has 2 rings (SSSR count). The molecule has 5 nitrogen and oxygen atoms in total. The summed E-state index contributed by atoms with van der Waals surface area (Å²) in [7, 11) is 1.65. The van der Waals surface area contributed by atoms with Gasteiger partial charge in [-0.2, -0.15) is 0 Å². The SMILES string of the molecule is CNC(=O)C1COCCN1C(CN)c1ccc(Br)cc1. The summed E-state index contributed by atoms with van der Waals surface area (Å²) in [6, 6.07) is 7.80. The fraction of sp³-hybridized carbons (Fsp3) is 0.500. The predicted octanol–water partition coefficient (Wildman–Crippen LogP) is 0.896. The van der Waals surface area contributed by atoms with E-state index in [1.165, 1.54) is 0 Å². The lowest BCUT2D eigenvalue weighted by molar-refractivity contribution is -0.134. The number of halogens is 1. The Kier molecular flexibility index (Phi) is 5.54. The number of nitrogens with zero attached hydrogens (tertiary/aromatic N) is 1. The first-order valence-corrected chi connectivity index (χ1v) is 7.47. The molecular weight excluding hydrogens is 322 g/mol. The van der Waals surface area contributed by atoms with Gasteiger partial charge in [-0.25, -0.2) is 0 Å². The van der Waals surface area contributed by atoms with Gasteiger partial charge >= 0.3 is 0 Å². The highest BCUT2D eigenvalue weighted by Crippen LogP contribution is 2.25. The summed E-state index contributed by atoms with van der Waals surface area (Å²) in [6.07, 6.45) is 0. The fourth-order valence-electron chi connectivity index (χ4n) is 2.53. The molecule has 1 aromatic rings. The third kappa shape index (κ3) is 3.38. The Bertz CT molecular complexity index is 452. The molecule has 110 valence electrons. The third-order valence-electron chi connectivity index (χ3n) is 3.60. The Balaban J connectivity index is 2.23. The molecule has 3 N–H and O–H groups in total. The van der Waals surface area contributed by atoms with Gasteiger partial charge in [-0.1, -0.05) is 28.1 Å². The van der Waals surface area contributed by atoms with Gasteiger partial charge in [-0.15, -0.1) is 0 Å². The lowest BCUT2D eigenvalue weighted by Crippen LogP contribution is -2.55. The average molecular weight is 342 g/mol. The number of hydrogen-bond acceptors (Lipinski definition) is 4. The van der Waals surface area contributed by atoms with E-state index in [1.54, 1.807) is 7.05 Å². The molecule has 0 saturated carbocycles. The van der Waals surface area contributed by atoms with Crippen molar-refractivity contribution in [3.63, 3.8) is 0 Å². The Morgan fingerprint density at radius 2 is 2.25 bits per heavy atom. The molecule has 0 aliphatic carbocycles. The molecule has 0 bridgehead atoms. The summed E-state index contributed by atoms with van der Waals surface area (Å²) < 4.78 is 6.46. The first-order chi connectivity index (χ1) is 9.67. The van der Waals surface area contributed by atoms with Crippen LogP contribution in [0.15, 0.2) is 28.7 Å². The third-order valence-corrected chi connectivity index (χ3v) is 4.13. The maximum absolute atomic E-state index is 12.0. The topological polar surface area (TPSA) is 67.6 Å². The second-order valence-corrected chi connectivity index (χ2v) is 5.66. The maximum atomic E-state index is 12.0. The Hall–Kier alpha value is -0.950. The number of nitrogens with one attached hydrogen (secondary N) is 1. The van der Waals surface area contributed by atoms with E-state index in [2.05, 4.69) is 26.1 Å². The molecule has 0 radical (unpaired) electrons. The summed E-state index contributed by atoms with van der Waals surface area (Å²) in [4.78, 5) is 14.1. The van der Waals surface area contributed by atoms with E-state index in [-0.39, 0.29) is 18.0 Å². The minimum Gasteiger partial charge on any atom is -0.378 e. The lowest BCUT2D eigenvalue weighted by Gasteiger charge is -2.39. The largest absolute Gasteiger partial charge is 0.378 e. The molecule has 1 saturated heterocycles. The van der Waals surface area contributed by atoms with Crippen molar-refractivity contribution >= 4 is 21.8 Å². The molecule has 6 heteroatoms. The van der Waals surface area contributed by atoms with Crippen molar-refractivity contribution in [3.05, 3.63) is 34.3 Å². The van der Waals surface area contributed by atoms with Crippen molar-refractivity contribution < 1.29 is 9.53 Å². The van der Waals surface area contributed by atoms with Gasteiger partial charge in [-0.3, -0.25) is 9.69 Å². The normalized spacial score (nSPS) is 21.4. The molecule has 2 unspecified atom stereocenters. The molecule has 1 amide bonds. The van der Waals surface area contributed by atoms with Crippen LogP contribution in [0.5, 0.6) is 0 Å². The minimum atomic E-state index is -0.286. The van der Waals surface area contributed by atoms with Gasteiger partial charge in [0.05, 0.1) is 13.2 Å². The van der Waals surface area contributed by atoms with E-state index in [9.17, 15) is 4.79 Å². The van der Waals surface area contributed by atoms with Crippen molar-refractivity contribution in [1.82, 2.24) is 10.2 Å². The highest BCUT2D eigenvalue weighted by Gasteiger charge is 2.33. The van der Waals surface area contributed by atoms with Crippen LogP contribution in [-0.2, 0) is 9.53 Å². The summed E-state index contributed by atoms with van der Waals surface area (Å²) in [6.45, 7) is 2.21. The fourth-order valence-corrected chi connectivity index (χ4v) is 2.79. The van der Waals surface area contributed by atoms with E-state index >= 15 is 0 Å². The van der Waals surface area contributed by atoms with Crippen LogP contribution in [0.4, 0.5) is 0 Å². The molecule has 1 heterocycles. The number of carbonyl (C=O) groups is 1. The molecule has 20 heavy (non-hydrogen) atoms. The molecular formula is C14H20BrN3O2. The van der Waals surface area contributed by atoms with Gasteiger partial charge in [0.1, 0.15) is 6.04 Å². The zero-order chi connectivity index (χ0) is 14.5. The second-order valence-electron chi connectivity index (χ2n) is 4.75. The van der Waals surface area contributed by atoms with Crippen molar-refractivity contribution in [2.45, 2.75) is 12.1 Å². The zero-order valence-electron chi connectivity index (χ0n) is 11.5. The Morgan fingerprint density at radius 1 is 1.55 bits per heavy atom. The van der Waals surface area contributed by atoms with Crippen LogP contribution in [-0.4, -0.2) is 50.2 Å². The number of ether oxygens (including phenoxy) is 1. The summed E-state index contributed by atoms with van der Waals surface area (Å²) in [5.41, 5.74) is 7.07. The first kappa shape index (κ1) is 15.4. The molecule has 1 aliphatic rings. The van der Waals surface area contributed by atoms with E-state index in [0.717, 1.165) is 10.0 Å². The van der Waals surface area contributed by atoms with E-state index in [1.807, 2.05) is 24.3 Å². The van der Waals surface area contributed by atoms with Crippen molar-refractivity contribution in [2.24, 2.45) is 5.73 Å². The number of likely N-dealkylation sites (N-methyl/N-ethyl adjacent to an activating group) is 1. The Labute approximate surface area is 127 Å². The smallest absolute Gasteiger partial charge is 0.239 e. The summed E-state index contributed by atoms with van der Waals surface area (Å²) >= 11 is 3.43. The standard InChI is InChI=1S/C14H20BrN3O2/c1-17-14(19)13-9-20-7-6-18(13)12(8-16)10-2-4-11(15)5-3-10/h2-5,12-13H,6-9,16H2,1H3,(H,17,19). The van der Waals surface area contributed by atoms with Crippen molar-refractivity contribution in [1.29, 1.82) is 0 Å². The predicted molar refractivity (Wildman–Crippen MR) is 81.3 cm³/mol. The monoisotopic (exact) mass is 341 g/mol. The number of rotatable bonds is 4. The van der Waals surface area contributed by atoms with Crippen LogP contribution < -0.4 is 11.1 Å². The number of carbonyl (C=O) groups excluding carboxylic acids is 1. The van der Waals surface area contributed by atoms with Gasteiger partial charge in [0, 0.05) is 30.7 Å². The molecule has 1 fully saturated rings. The zero-order valence-corrected chi connectivity index (χ0v) is 13.1. The molecule has 1 aromatic carbocycles. The van der Waals surface area contributed by atoms with E-state index in [0.29, 0.717) is 26.3 Å². The number of morpholine rings is 1. The quantitative estimate of drug-likeness (QED) is 0.853. The first-order valence-electron chi connectivity index (χ1n) is 6.68. The van der Waals surface area contributed by atoms with Gasteiger partial charge in [0.25, 0.3) is 0 Å². The van der Waals surface area contributed by atoms with Crippen molar-refractivity contribution in [3.8, 4) is 0 Å². The van der Waals surface area contributed by atoms with Crippen LogP contribution in [0, 0.1) is 0 Å². The van der Waals surface area contributed by atoms with Crippen LogP contribution in [0.1, 0.15) is 11.6 Å². The Morgan fingerprint density at radius 3 is 2.85 bits per heavy atom. The molecule has 0 aromatic heterocycles. The highest BCUT2D eigenvalue weighted by atomic mass is 79.9. The van der Waals surface area contributed by atoms with Crippen molar-refractivity contribution in [2.75, 3.05) is 33.4 Å². The van der Waals surface area contributed by atoms with Crippen LogP contribution in [0.3, 0.4) is 0 Å². The maximum Gasteiger partial charge on any atom is 0.239 e. The second kappa shape index (κ2) is 7.17. The average Bonchev–Trinajstić information content (AvgIpc) is 2.49. The van der Waals surface area contributed by atoms with E-state index < -0.39 is 0 Å². The number of amides is 1.